The van der Waals surface area contributed by atoms with Gasteiger partial charge < -0.3 is 13.6 Å². The lowest BCUT2D eigenvalue weighted by molar-refractivity contribution is -0.137. The maximum absolute atomic E-state index is 13.3. The van der Waals surface area contributed by atoms with Crippen molar-refractivity contribution in [3.05, 3.63) is 82.7 Å². The van der Waals surface area contributed by atoms with Crippen molar-refractivity contribution in [2.24, 2.45) is 11.0 Å². The zero-order chi connectivity index (χ0) is 24.4. The summed E-state index contributed by atoms with van der Waals surface area (Å²) >= 11 is 7.67. The molecule has 9 heteroatoms. The third kappa shape index (κ3) is 4.81. The topological polar surface area (TPSA) is 85.3 Å². The lowest BCUT2D eigenvalue weighted by Crippen LogP contribution is -2.34. The number of esters is 1. The van der Waals surface area contributed by atoms with Crippen LogP contribution in [0.5, 0.6) is 0 Å². The third-order valence-electron chi connectivity index (χ3n) is 6.17. The number of thioether (sulfide) groups is 1. The van der Waals surface area contributed by atoms with Crippen LogP contribution in [-0.4, -0.2) is 35.5 Å². The number of carbonyl (C=O) groups excluding carboxylic acids is 2. The number of hydrazone groups is 1. The Hall–Kier alpha value is -3.23. The Labute approximate surface area is 211 Å². The molecule has 2 unspecified atom stereocenters. The Kier molecular flexibility index (Phi) is 6.83. The minimum Gasteiger partial charge on any atom is -0.467 e. The molecule has 1 fully saturated rings. The van der Waals surface area contributed by atoms with E-state index < -0.39 is 24.5 Å². The molecular weight excluding hydrogens is 488 g/mol. The van der Waals surface area contributed by atoms with Crippen LogP contribution in [0.15, 0.2) is 79.4 Å². The Morgan fingerprint density at radius 2 is 2.06 bits per heavy atom. The first-order valence-electron chi connectivity index (χ1n) is 11.2. The molecule has 0 N–H and O–H groups in total. The van der Waals surface area contributed by atoms with Gasteiger partial charge in [0.15, 0.2) is 6.61 Å². The summed E-state index contributed by atoms with van der Waals surface area (Å²) in [7, 11) is 0. The Balaban J connectivity index is 1.39. The molecule has 1 saturated carbocycles. The van der Waals surface area contributed by atoms with Gasteiger partial charge in [0, 0.05) is 10.8 Å². The molecule has 0 radical (unpaired) electrons. The van der Waals surface area contributed by atoms with E-state index in [1.807, 2.05) is 36.6 Å². The summed E-state index contributed by atoms with van der Waals surface area (Å²) in [6, 6.07) is 12.1. The molecule has 2 aliphatic rings. The van der Waals surface area contributed by atoms with E-state index in [2.05, 4.69) is 0 Å². The minimum absolute atomic E-state index is 0.0246. The minimum atomic E-state index is -0.656. The molecule has 1 aliphatic carbocycles. The molecule has 7 nitrogen and oxygen atoms in total. The molecule has 3 heterocycles. The number of benzene rings is 1. The number of carbonyl (C=O) groups is 2. The van der Waals surface area contributed by atoms with Crippen molar-refractivity contribution >= 4 is 47.0 Å². The van der Waals surface area contributed by atoms with Gasteiger partial charge in [0.1, 0.15) is 17.6 Å². The van der Waals surface area contributed by atoms with Crippen molar-refractivity contribution in [2.45, 2.75) is 30.2 Å². The van der Waals surface area contributed by atoms with E-state index in [4.69, 9.17) is 30.3 Å². The van der Waals surface area contributed by atoms with Gasteiger partial charge in [-0.25, -0.2) is 9.80 Å². The zero-order valence-electron chi connectivity index (χ0n) is 19.0. The van der Waals surface area contributed by atoms with Crippen LogP contribution in [0.3, 0.4) is 0 Å². The van der Waals surface area contributed by atoms with Crippen LogP contribution in [0, 0.1) is 5.92 Å². The number of amides is 1. The van der Waals surface area contributed by atoms with Crippen molar-refractivity contribution in [1.82, 2.24) is 5.01 Å². The highest BCUT2D eigenvalue weighted by molar-refractivity contribution is 7.98. The van der Waals surface area contributed by atoms with Crippen molar-refractivity contribution < 1.29 is 23.2 Å². The van der Waals surface area contributed by atoms with Gasteiger partial charge in [0.25, 0.3) is 5.91 Å². The number of rotatable bonds is 6. The van der Waals surface area contributed by atoms with E-state index in [0.29, 0.717) is 5.76 Å². The predicted molar refractivity (Wildman–Crippen MR) is 133 cm³/mol. The fraction of sp³-hybridized carbons (Fsp3) is 0.269. The molecule has 0 saturated heterocycles. The van der Waals surface area contributed by atoms with Gasteiger partial charge in [-0.3, -0.25) is 4.79 Å². The van der Waals surface area contributed by atoms with Crippen LogP contribution in [0.4, 0.5) is 0 Å². The van der Waals surface area contributed by atoms with Crippen LogP contribution in [-0.2, 0) is 9.53 Å². The first kappa shape index (κ1) is 23.5. The van der Waals surface area contributed by atoms with Crippen LogP contribution in [0.2, 0.25) is 5.02 Å². The summed E-state index contributed by atoms with van der Waals surface area (Å²) in [5.41, 5.74) is 2.09. The summed E-state index contributed by atoms with van der Waals surface area (Å²) < 4.78 is 16.5. The van der Waals surface area contributed by atoms with E-state index in [9.17, 15) is 9.59 Å². The SMILES string of the molecule is CSc1ccc(Cl)c(C(=O)OCC(=O)N2N=C3C(=Cc4ccco4)CCCC3C2c2ccco2)c1. The summed E-state index contributed by atoms with van der Waals surface area (Å²) in [4.78, 5) is 26.8. The Morgan fingerprint density at radius 1 is 1.23 bits per heavy atom. The summed E-state index contributed by atoms with van der Waals surface area (Å²) in [6.07, 6.45) is 9.73. The van der Waals surface area contributed by atoms with E-state index in [-0.39, 0.29) is 16.5 Å². The maximum atomic E-state index is 13.3. The van der Waals surface area contributed by atoms with Gasteiger partial charge in [-0.05, 0) is 79.6 Å². The van der Waals surface area contributed by atoms with Crippen molar-refractivity contribution in [1.29, 1.82) is 0 Å². The van der Waals surface area contributed by atoms with Gasteiger partial charge in [-0.2, -0.15) is 5.10 Å². The monoisotopic (exact) mass is 510 g/mol. The van der Waals surface area contributed by atoms with E-state index in [1.54, 1.807) is 30.7 Å². The van der Waals surface area contributed by atoms with Gasteiger partial charge >= 0.3 is 5.97 Å². The summed E-state index contributed by atoms with van der Waals surface area (Å²) in [6.45, 7) is -0.462. The molecule has 1 aromatic carbocycles. The highest BCUT2D eigenvalue weighted by Gasteiger charge is 2.45. The number of furan rings is 2. The smallest absolute Gasteiger partial charge is 0.340 e. The molecular formula is C26H23ClN2O5S. The Morgan fingerprint density at radius 3 is 2.80 bits per heavy atom. The molecule has 3 aromatic rings. The molecule has 2 aromatic heterocycles. The van der Waals surface area contributed by atoms with Crippen molar-refractivity contribution in [3.8, 4) is 0 Å². The van der Waals surface area contributed by atoms with Gasteiger partial charge in [-0.15, -0.1) is 11.8 Å². The molecule has 0 spiro atoms. The second kappa shape index (κ2) is 10.2. The van der Waals surface area contributed by atoms with Crippen LogP contribution >= 0.6 is 23.4 Å². The van der Waals surface area contributed by atoms with Crippen molar-refractivity contribution in [2.75, 3.05) is 12.9 Å². The van der Waals surface area contributed by atoms with Gasteiger partial charge in [-0.1, -0.05) is 11.6 Å². The van der Waals surface area contributed by atoms with E-state index in [1.165, 1.54) is 16.8 Å². The molecule has 5 rings (SSSR count). The normalized spacial score (nSPS) is 20.6. The highest BCUT2D eigenvalue weighted by atomic mass is 35.5. The number of hydrogen-bond acceptors (Lipinski definition) is 7. The standard InChI is InChI=1S/C26H23ClN2O5S/c1-35-18-9-10-21(27)20(14-18)26(31)34-15-23(30)29-25(22-8-4-12-33-22)19-7-2-5-16(24(19)28-29)13-17-6-3-11-32-17/h3-4,6,8-14,19,25H,2,5,7,15H2,1H3. The number of ether oxygens (including phenoxy) is 1. The summed E-state index contributed by atoms with van der Waals surface area (Å²) in [5.74, 6) is 0.264. The number of nitrogens with zero attached hydrogens (tertiary/aromatic N) is 2. The largest absolute Gasteiger partial charge is 0.467 e. The average molecular weight is 511 g/mol. The lowest BCUT2D eigenvalue weighted by Gasteiger charge is -2.27. The van der Waals surface area contributed by atoms with Crippen LogP contribution < -0.4 is 0 Å². The Bertz CT molecular complexity index is 1280. The fourth-order valence-electron chi connectivity index (χ4n) is 4.55. The number of halogens is 1. The number of fused-ring (bicyclic) bond motifs is 1. The quantitative estimate of drug-likeness (QED) is 0.289. The molecule has 1 amide bonds. The van der Waals surface area contributed by atoms with Gasteiger partial charge in [0.05, 0.1) is 28.8 Å². The molecule has 2 atom stereocenters. The highest BCUT2D eigenvalue weighted by Crippen LogP contribution is 2.44. The first-order chi connectivity index (χ1) is 17.0. The van der Waals surface area contributed by atoms with Crippen LogP contribution in [0.1, 0.15) is 47.2 Å². The number of hydrogen-bond donors (Lipinski definition) is 0. The third-order valence-corrected chi connectivity index (χ3v) is 7.23. The van der Waals surface area contributed by atoms with Crippen LogP contribution in [0.25, 0.3) is 6.08 Å². The second-order valence-electron chi connectivity index (χ2n) is 8.29. The molecule has 0 bridgehead atoms. The number of allylic oxidation sites excluding steroid dienone is 1. The molecule has 1 aliphatic heterocycles. The van der Waals surface area contributed by atoms with Gasteiger partial charge in [0.2, 0.25) is 0 Å². The fourth-order valence-corrected chi connectivity index (χ4v) is 5.18. The zero-order valence-corrected chi connectivity index (χ0v) is 20.6. The lowest BCUT2D eigenvalue weighted by atomic mass is 9.79. The average Bonchev–Trinajstić information content (AvgIpc) is 3.63. The first-order valence-corrected chi connectivity index (χ1v) is 12.8. The second-order valence-corrected chi connectivity index (χ2v) is 9.58. The molecule has 180 valence electrons. The molecule has 35 heavy (non-hydrogen) atoms. The van der Waals surface area contributed by atoms with E-state index in [0.717, 1.165) is 41.2 Å². The van der Waals surface area contributed by atoms with E-state index >= 15 is 0 Å². The summed E-state index contributed by atoms with van der Waals surface area (Å²) in [5, 5.41) is 6.38. The predicted octanol–water partition coefficient (Wildman–Crippen LogP) is 6.23. The maximum Gasteiger partial charge on any atom is 0.340 e. The van der Waals surface area contributed by atoms with Crippen molar-refractivity contribution in [3.63, 3.8) is 0 Å².